The molecule has 0 saturated heterocycles. The molecule has 0 saturated carbocycles. The van der Waals surface area contributed by atoms with Gasteiger partial charge in [0.2, 0.25) is 0 Å². The van der Waals surface area contributed by atoms with Crippen molar-refractivity contribution in [1.29, 1.82) is 5.26 Å². The van der Waals surface area contributed by atoms with Gasteiger partial charge in [0.15, 0.2) is 5.69 Å². The lowest BCUT2D eigenvalue weighted by Gasteiger charge is -2.36. The van der Waals surface area contributed by atoms with Crippen molar-refractivity contribution in [2.45, 2.75) is 25.6 Å². The average Bonchev–Trinajstić information content (AvgIpc) is 3.37. The summed E-state index contributed by atoms with van der Waals surface area (Å²) < 4.78 is 54.0. The van der Waals surface area contributed by atoms with Crippen LogP contribution in [0.15, 0.2) is 53.1 Å². The number of H-pyrrole nitrogens is 1. The third kappa shape index (κ3) is 4.97. The monoisotopic (exact) mass is 545 g/mol. The van der Waals surface area contributed by atoms with Gasteiger partial charge in [-0.2, -0.15) is 18.4 Å². The van der Waals surface area contributed by atoms with Gasteiger partial charge in [0, 0.05) is 42.2 Å². The maximum Gasteiger partial charge on any atom is 0.434 e. The number of aliphatic imine (C=N–C) groups is 1. The molecule has 2 aromatic heterocycles. The van der Waals surface area contributed by atoms with E-state index in [0.29, 0.717) is 17.3 Å². The predicted octanol–water partition coefficient (Wildman–Crippen LogP) is 4.72. The standard InChI is InChI=1S/C25H20ClF4N7O/c1-12-22(32)16(23(33-2)19-10-34-11-20(36-19)25(28,29)30)3-4-37(12)24(38)18-7-14(27)6-17(21(18)26)13-5-15(8-31)35-9-13/h5-7,9-12,35H,3-4,32H2,1-2H3. The number of nitriles is 1. The Labute approximate surface area is 219 Å². The maximum absolute atomic E-state index is 14.6. The van der Waals surface area contributed by atoms with Crippen molar-refractivity contribution in [1.82, 2.24) is 19.9 Å². The lowest BCUT2D eigenvalue weighted by molar-refractivity contribution is -0.141. The molecule has 1 atom stereocenters. The molecule has 8 nitrogen and oxygen atoms in total. The van der Waals surface area contributed by atoms with E-state index in [2.05, 4.69) is 19.9 Å². The molecule has 1 aliphatic rings. The van der Waals surface area contributed by atoms with E-state index in [0.717, 1.165) is 18.3 Å². The van der Waals surface area contributed by atoms with Crippen LogP contribution in [0.5, 0.6) is 0 Å². The molecule has 0 spiro atoms. The van der Waals surface area contributed by atoms with Gasteiger partial charge in [-0.05, 0) is 31.5 Å². The minimum atomic E-state index is -4.69. The zero-order valence-electron chi connectivity index (χ0n) is 20.1. The van der Waals surface area contributed by atoms with E-state index in [1.807, 2.05) is 6.07 Å². The van der Waals surface area contributed by atoms with Gasteiger partial charge in [-0.3, -0.25) is 14.8 Å². The largest absolute Gasteiger partial charge is 0.434 e. The third-order valence-electron chi connectivity index (χ3n) is 6.19. The summed E-state index contributed by atoms with van der Waals surface area (Å²) in [5.41, 5.74) is 6.65. The van der Waals surface area contributed by atoms with Crippen LogP contribution in [0.25, 0.3) is 11.1 Å². The number of nitrogens with one attached hydrogen (secondary N) is 1. The maximum atomic E-state index is 14.6. The van der Waals surface area contributed by atoms with Gasteiger partial charge in [-0.1, -0.05) is 11.6 Å². The van der Waals surface area contributed by atoms with Crippen molar-refractivity contribution in [2.24, 2.45) is 10.7 Å². The van der Waals surface area contributed by atoms with E-state index in [1.54, 1.807) is 6.92 Å². The highest BCUT2D eigenvalue weighted by atomic mass is 35.5. The van der Waals surface area contributed by atoms with Crippen molar-refractivity contribution in [3.05, 3.63) is 81.5 Å². The molecule has 1 unspecified atom stereocenters. The van der Waals surface area contributed by atoms with Crippen molar-refractivity contribution in [3.63, 3.8) is 0 Å². The van der Waals surface area contributed by atoms with Crippen molar-refractivity contribution in [2.75, 3.05) is 13.6 Å². The van der Waals surface area contributed by atoms with E-state index in [-0.39, 0.29) is 51.9 Å². The van der Waals surface area contributed by atoms with Crippen LogP contribution in [0.3, 0.4) is 0 Å². The van der Waals surface area contributed by atoms with E-state index < -0.39 is 29.6 Å². The number of rotatable bonds is 4. The molecule has 38 heavy (non-hydrogen) atoms. The number of hydrogen-bond donors (Lipinski definition) is 2. The van der Waals surface area contributed by atoms with Crippen LogP contribution in [0, 0.1) is 17.1 Å². The Hall–Kier alpha value is -4.24. The number of nitrogens with zero attached hydrogens (tertiary/aromatic N) is 5. The Morgan fingerprint density at radius 2 is 2.05 bits per heavy atom. The Kier molecular flexibility index (Phi) is 7.24. The first kappa shape index (κ1) is 26.8. The van der Waals surface area contributed by atoms with Crippen LogP contribution in [0.1, 0.15) is 40.8 Å². The number of nitrogens with two attached hydrogens (primary N) is 1. The Bertz CT molecular complexity index is 1520. The Morgan fingerprint density at radius 3 is 2.68 bits per heavy atom. The molecular formula is C25H20ClF4N7O. The fraction of sp³-hybridized carbons (Fsp3) is 0.240. The third-order valence-corrected chi connectivity index (χ3v) is 6.60. The normalized spacial score (nSPS) is 16.5. The summed E-state index contributed by atoms with van der Waals surface area (Å²) in [7, 11) is 1.40. The lowest BCUT2D eigenvalue weighted by atomic mass is 9.93. The molecule has 3 aromatic rings. The molecule has 0 bridgehead atoms. The summed E-state index contributed by atoms with van der Waals surface area (Å²) in [5.74, 6) is -1.29. The molecule has 0 fully saturated rings. The highest BCUT2D eigenvalue weighted by Gasteiger charge is 2.35. The van der Waals surface area contributed by atoms with E-state index >= 15 is 0 Å². The molecule has 1 aromatic carbocycles. The first-order chi connectivity index (χ1) is 18.0. The van der Waals surface area contributed by atoms with Gasteiger partial charge in [0.05, 0.1) is 34.7 Å². The number of halogens is 5. The van der Waals surface area contributed by atoms with Crippen LogP contribution >= 0.6 is 11.6 Å². The van der Waals surface area contributed by atoms with Gasteiger partial charge in [-0.25, -0.2) is 9.37 Å². The number of benzene rings is 1. The zero-order chi connectivity index (χ0) is 27.8. The van der Waals surface area contributed by atoms with Gasteiger partial charge in [0.25, 0.3) is 5.91 Å². The van der Waals surface area contributed by atoms with Gasteiger partial charge in [0.1, 0.15) is 23.3 Å². The Balaban J connectivity index is 1.67. The van der Waals surface area contributed by atoms with Crippen LogP contribution in [0.2, 0.25) is 5.02 Å². The molecule has 4 rings (SSSR count). The van der Waals surface area contributed by atoms with Gasteiger partial charge < -0.3 is 15.6 Å². The topological polar surface area (TPSA) is 124 Å². The Morgan fingerprint density at radius 1 is 1.32 bits per heavy atom. The average molecular weight is 546 g/mol. The lowest BCUT2D eigenvalue weighted by Crippen LogP contribution is -2.46. The molecule has 13 heteroatoms. The molecule has 1 aliphatic heterocycles. The molecule has 1 amide bonds. The smallest absolute Gasteiger partial charge is 0.400 e. The van der Waals surface area contributed by atoms with Crippen LogP contribution in [0.4, 0.5) is 17.6 Å². The van der Waals surface area contributed by atoms with Crippen molar-refractivity contribution in [3.8, 4) is 17.2 Å². The number of carbonyl (C=O) groups is 1. The number of alkyl halides is 3. The molecule has 3 N–H and O–H groups in total. The highest BCUT2D eigenvalue weighted by molar-refractivity contribution is 6.36. The summed E-state index contributed by atoms with van der Waals surface area (Å²) in [4.78, 5) is 29.0. The predicted molar refractivity (Wildman–Crippen MR) is 132 cm³/mol. The highest BCUT2D eigenvalue weighted by Crippen LogP contribution is 2.35. The number of hydrogen-bond acceptors (Lipinski definition) is 6. The minimum Gasteiger partial charge on any atom is -0.400 e. The molecular weight excluding hydrogens is 526 g/mol. The molecule has 3 heterocycles. The summed E-state index contributed by atoms with van der Waals surface area (Å²) in [6.07, 6.45) is -1.29. The van der Waals surface area contributed by atoms with Crippen LogP contribution in [-0.4, -0.2) is 51.1 Å². The first-order valence-electron chi connectivity index (χ1n) is 11.2. The molecule has 0 aliphatic carbocycles. The van der Waals surface area contributed by atoms with E-state index in [9.17, 15) is 22.4 Å². The zero-order valence-corrected chi connectivity index (χ0v) is 20.8. The number of aromatic nitrogens is 3. The van der Waals surface area contributed by atoms with E-state index in [1.165, 1.54) is 24.2 Å². The first-order valence-corrected chi connectivity index (χ1v) is 11.6. The summed E-state index contributed by atoms with van der Waals surface area (Å²) in [6, 6.07) is 4.87. The quantitative estimate of drug-likeness (QED) is 0.362. The summed E-state index contributed by atoms with van der Waals surface area (Å²) in [5, 5.41) is 9.05. The molecule has 0 radical (unpaired) electrons. The van der Waals surface area contributed by atoms with Crippen LogP contribution in [-0.2, 0) is 6.18 Å². The molecule has 196 valence electrons. The van der Waals surface area contributed by atoms with Crippen LogP contribution < -0.4 is 5.73 Å². The fourth-order valence-electron chi connectivity index (χ4n) is 4.27. The number of aromatic amines is 1. The van der Waals surface area contributed by atoms with Crippen molar-refractivity contribution < 1.29 is 22.4 Å². The van der Waals surface area contributed by atoms with Gasteiger partial charge in [-0.15, -0.1) is 0 Å². The number of amides is 1. The second kappa shape index (κ2) is 10.3. The minimum absolute atomic E-state index is 0.00418. The van der Waals surface area contributed by atoms with Gasteiger partial charge >= 0.3 is 6.18 Å². The second-order valence-electron chi connectivity index (χ2n) is 8.45. The second-order valence-corrected chi connectivity index (χ2v) is 8.82. The van der Waals surface area contributed by atoms with E-state index in [4.69, 9.17) is 22.6 Å². The summed E-state index contributed by atoms with van der Waals surface area (Å²) >= 11 is 6.52. The SMILES string of the molecule is CN=C(C1=C(N)C(C)N(C(=O)c2cc(F)cc(-c3c[nH]c(C#N)c3)c2Cl)CC1)c1cncc(C(F)(F)F)n1. The number of carbonyl (C=O) groups excluding carboxylic acids is 1. The summed E-state index contributed by atoms with van der Waals surface area (Å²) in [6.45, 7) is 1.74. The fourth-order valence-corrected chi connectivity index (χ4v) is 4.57. The van der Waals surface area contributed by atoms with Crippen molar-refractivity contribution >= 4 is 23.2 Å².